The maximum absolute atomic E-state index is 9.64. The number of carbonyl (C=O) groups is 2. The molecule has 0 radical (unpaired) electrons. The van der Waals surface area contributed by atoms with E-state index in [-0.39, 0.29) is 57.8 Å². The van der Waals surface area contributed by atoms with E-state index >= 15 is 0 Å². The zero-order valence-electron chi connectivity index (χ0n) is 6.13. The zero-order valence-corrected chi connectivity index (χ0v) is 6.13. The Balaban J connectivity index is -0.0000000245. The first-order valence-electron chi connectivity index (χ1n) is 2.06. The van der Waals surface area contributed by atoms with Crippen LogP contribution in [-0.2, 0) is 9.59 Å². The predicted octanol–water partition coefficient (Wildman–Crippen LogP) is -4.28. The van der Waals surface area contributed by atoms with Gasteiger partial charge in [-0.15, -0.1) is 0 Å². The number of aliphatic carboxylic acids is 2. The van der Waals surface area contributed by atoms with Crippen LogP contribution in [0.3, 0.4) is 0 Å². The number of hydrogen-bond acceptors (Lipinski definition) is 2. The van der Waals surface area contributed by atoms with Gasteiger partial charge in [-0.1, -0.05) is 0 Å². The second-order valence-electron chi connectivity index (χ2n) is 1.29. The predicted molar refractivity (Wildman–Crippen MR) is 47.5 cm³/mol. The van der Waals surface area contributed by atoms with E-state index in [9.17, 15) is 9.59 Å². The maximum atomic E-state index is 9.64. The second-order valence-corrected chi connectivity index (χ2v) is 1.29. The smallest absolute Gasteiger partial charge is 0.316 e. The van der Waals surface area contributed by atoms with E-state index < -0.39 is 11.9 Å². The molecule has 0 aromatic heterocycles. The zero-order chi connectivity index (χ0) is 6.57. The first kappa shape index (κ1) is 39.0. The third kappa shape index (κ3) is 50.9. The lowest BCUT2D eigenvalue weighted by Gasteiger charge is -1.85. The third-order valence-corrected chi connectivity index (χ3v) is 0.553. The molecule has 0 aromatic rings. The molecule has 0 aliphatic heterocycles. The minimum Gasteiger partial charge on any atom is -0.481 e. The Hall–Kier alpha value is -0.454. The average Bonchev–Trinajstić information content (AvgIpc) is 1.61. The van der Waals surface area contributed by atoms with Gasteiger partial charge in [0.1, 0.15) is 0 Å². The molecule has 0 unspecified atom stereocenters. The monoisotopic (exact) mass is 216 g/mol. The van der Waals surface area contributed by atoms with Gasteiger partial charge < -0.3 is 32.1 Å². The Morgan fingerprint density at radius 2 is 0.923 bits per heavy atom. The van der Waals surface area contributed by atoms with Gasteiger partial charge in [0.05, 0.1) is 12.8 Å². The van der Waals surface area contributed by atoms with Gasteiger partial charge in [-0.3, -0.25) is 9.59 Å². The van der Waals surface area contributed by atoms with Crippen molar-refractivity contribution >= 4 is 35.0 Å². The molecule has 0 rings (SSSR count). The SMILES string of the molecule is O.O.O.O.O=C(O)CCC(=O)O.[MgH2]. The molecule has 10 N–H and O–H groups in total. The highest BCUT2D eigenvalue weighted by molar-refractivity contribution is 5.75. The molecule has 8 nitrogen and oxygen atoms in total. The summed E-state index contributed by atoms with van der Waals surface area (Å²) in [6.45, 7) is 0. The molecule has 0 aliphatic carbocycles. The summed E-state index contributed by atoms with van der Waals surface area (Å²) >= 11 is 0. The van der Waals surface area contributed by atoms with Gasteiger partial charge in [-0.25, -0.2) is 0 Å². The molecule has 0 spiro atoms. The molecule has 0 saturated heterocycles. The molecule has 0 heterocycles. The minimum absolute atomic E-state index is 0. The van der Waals surface area contributed by atoms with Crippen molar-refractivity contribution in [2.75, 3.05) is 0 Å². The number of carboxylic acid groups (broad SMARTS) is 2. The summed E-state index contributed by atoms with van der Waals surface area (Å²) in [7, 11) is 0. The third-order valence-electron chi connectivity index (χ3n) is 0.553. The van der Waals surface area contributed by atoms with E-state index in [1.54, 1.807) is 0 Å². The van der Waals surface area contributed by atoms with E-state index in [1.807, 2.05) is 0 Å². The Morgan fingerprint density at radius 1 is 0.769 bits per heavy atom. The summed E-state index contributed by atoms with van der Waals surface area (Å²) in [5, 5.41) is 15.8. The number of carboxylic acids is 2. The van der Waals surface area contributed by atoms with Gasteiger partial charge in [-0.2, -0.15) is 0 Å². The van der Waals surface area contributed by atoms with Crippen LogP contribution < -0.4 is 0 Å². The molecule has 0 amide bonds. The molecule has 0 fully saturated rings. The molecule has 0 bridgehead atoms. The summed E-state index contributed by atoms with van der Waals surface area (Å²) < 4.78 is 0. The van der Waals surface area contributed by atoms with E-state index in [0.29, 0.717) is 0 Å². The Kier molecular flexibility index (Phi) is 67.7. The van der Waals surface area contributed by atoms with Crippen LogP contribution in [0.4, 0.5) is 0 Å². The van der Waals surface area contributed by atoms with Gasteiger partial charge in [0.25, 0.3) is 0 Å². The molecule has 0 aliphatic rings. The molecule has 13 heavy (non-hydrogen) atoms. The van der Waals surface area contributed by atoms with Crippen molar-refractivity contribution in [2.45, 2.75) is 12.8 Å². The van der Waals surface area contributed by atoms with Crippen LogP contribution in [0.25, 0.3) is 0 Å². The highest BCUT2D eigenvalue weighted by Crippen LogP contribution is 1.85. The van der Waals surface area contributed by atoms with Gasteiger partial charge in [0.2, 0.25) is 0 Å². The molecule has 9 heteroatoms. The van der Waals surface area contributed by atoms with Crippen molar-refractivity contribution in [3.05, 3.63) is 0 Å². The Bertz CT molecular complexity index is 101. The lowest BCUT2D eigenvalue weighted by Crippen LogP contribution is -2.00. The van der Waals surface area contributed by atoms with Crippen LogP contribution in [0.5, 0.6) is 0 Å². The van der Waals surface area contributed by atoms with Crippen molar-refractivity contribution in [2.24, 2.45) is 0 Å². The van der Waals surface area contributed by atoms with Crippen LogP contribution in [0.2, 0.25) is 0 Å². The first-order chi connectivity index (χ1) is 3.63. The summed E-state index contributed by atoms with van der Waals surface area (Å²) in [5.41, 5.74) is 0. The van der Waals surface area contributed by atoms with Gasteiger partial charge >= 0.3 is 35.0 Å². The van der Waals surface area contributed by atoms with Crippen molar-refractivity contribution in [3.8, 4) is 0 Å². The lowest BCUT2D eigenvalue weighted by molar-refractivity contribution is -0.143. The molecular formula is C4H16MgO8. The van der Waals surface area contributed by atoms with Gasteiger partial charge in [0.15, 0.2) is 0 Å². The van der Waals surface area contributed by atoms with Crippen molar-refractivity contribution in [1.29, 1.82) is 0 Å². The topological polar surface area (TPSA) is 201 Å². The molecule has 0 aromatic carbocycles. The fourth-order valence-electron chi connectivity index (χ4n) is 0.214. The standard InChI is InChI=1S/C4H6O4.Mg.4H2O.2H/c5-3(6)1-2-4(7)8;;;;;;;/h1-2H2,(H,5,6)(H,7,8);;4*1H2;;. The summed E-state index contributed by atoms with van der Waals surface area (Å²) in [5.74, 6) is -2.15. The molecule has 82 valence electrons. The fourth-order valence-corrected chi connectivity index (χ4v) is 0.214. The van der Waals surface area contributed by atoms with E-state index in [4.69, 9.17) is 10.2 Å². The van der Waals surface area contributed by atoms with E-state index in [1.165, 1.54) is 0 Å². The molecule has 0 saturated carbocycles. The Morgan fingerprint density at radius 3 is 1.00 bits per heavy atom. The average molecular weight is 216 g/mol. The van der Waals surface area contributed by atoms with Gasteiger partial charge in [0, 0.05) is 0 Å². The number of rotatable bonds is 3. The van der Waals surface area contributed by atoms with Crippen LogP contribution in [0.1, 0.15) is 12.8 Å². The minimum atomic E-state index is -1.08. The summed E-state index contributed by atoms with van der Waals surface area (Å²) in [6, 6.07) is 0. The Labute approximate surface area is 89.9 Å². The number of hydrogen-bond donors (Lipinski definition) is 2. The second kappa shape index (κ2) is 22.6. The lowest BCUT2D eigenvalue weighted by atomic mass is 10.3. The largest absolute Gasteiger partial charge is 0.481 e. The maximum Gasteiger partial charge on any atom is 0.316 e. The fraction of sp³-hybridized carbons (Fsp3) is 0.500. The summed E-state index contributed by atoms with van der Waals surface area (Å²) in [6.07, 6.45) is -0.593. The van der Waals surface area contributed by atoms with E-state index in [0.717, 1.165) is 0 Å². The van der Waals surface area contributed by atoms with Crippen molar-refractivity contribution in [3.63, 3.8) is 0 Å². The van der Waals surface area contributed by atoms with Crippen LogP contribution in [0.15, 0.2) is 0 Å². The van der Waals surface area contributed by atoms with Crippen molar-refractivity contribution in [1.82, 2.24) is 0 Å². The quantitative estimate of drug-likeness (QED) is 0.450. The molecule has 0 atom stereocenters. The van der Waals surface area contributed by atoms with Crippen LogP contribution in [-0.4, -0.2) is 67.1 Å². The normalized spacial score (nSPS) is 5.23. The first-order valence-corrected chi connectivity index (χ1v) is 2.06. The van der Waals surface area contributed by atoms with Crippen molar-refractivity contribution < 1.29 is 41.7 Å². The molecular weight excluding hydrogens is 200 g/mol. The van der Waals surface area contributed by atoms with Crippen LogP contribution >= 0.6 is 0 Å². The highest BCUT2D eigenvalue weighted by Gasteiger charge is 2.00. The van der Waals surface area contributed by atoms with Gasteiger partial charge in [-0.05, 0) is 0 Å². The summed E-state index contributed by atoms with van der Waals surface area (Å²) in [4.78, 5) is 19.3. The van der Waals surface area contributed by atoms with Crippen LogP contribution in [0, 0.1) is 0 Å². The van der Waals surface area contributed by atoms with E-state index in [2.05, 4.69) is 0 Å². The highest BCUT2D eigenvalue weighted by atomic mass is 24.3.